The Kier molecular flexibility index (Phi) is 1.76. The maximum Gasteiger partial charge on any atom is -0.0153 e. The monoisotopic (exact) mass is 158 g/mol. The molecule has 1 fully saturated rings. The second-order valence-corrected chi connectivity index (χ2v) is 3.56. The molecule has 0 N–H and O–H groups in total. The van der Waals surface area contributed by atoms with Gasteiger partial charge in [-0.25, -0.2) is 0 Å². The van der Waals surface area contributed by atoms with Crippen LogP contribution in [-0.4, -0.2) is 0 Å². The highest BCUT2D eigenvalue weighted by Gasteiger charge is 2.26. The van der Waals surface area contributed by atoms with Crippen LogP contribution >= 0.6 is 0 Å². The Morgan fingerprint density at radius 1 is 1.42 bits per heavy atom. The maximum absolute atomic E-state index is 3.84. The predicted molar refractivity (Wildman–Crippen MR) is 53.2 cm³/mol. The molecule has 0 bridgehead atoms. The van der Waals surface area contributed by atoms with Crippen LogP contribution in [-0.2, 0) is 0 Å². The topological polar surface area (TPSA) is 0 Å². The highest BCUT2D eigenvalue weighted by molar-refractivity contribution is 5.56. The average Bonchev–Trinajstić information content (AvgIpc) is 2.87. The zero-order chi connectivity index (χ0) is 8.55. The van der Waals surface area contributed by atoms with E-state index in [1.54, 1.807) is 0 Å². The van der Waals surface area contributed by atoms with E-state index in [0.29, 0.717) is 0 Å². The molecule has 1 aromatic rings. The van der Waals surface area contributed by atoms with Crippen molar-refractivity contribution in [1.82, 2.24) is 0 Å². The van der Waals surface area contributed by atoms with E-state index in [1.165, 1.54) is 29.5 Å². The van der Waals surface area contributed by atoms with Crippen molar-refractivity contribution in [3.63, 3.8) is 0 Å². The van der Waals surface area contributed by atoms with Gasteiger partial charge in [0.1, 0.15) is 0 Å². The third-order valence-electron chi connectivity index (χ3n) is 2.56. The molecule has 0 heteroatoms. The molecule has 0 spiro atoms. The van der Waals surface area contributed by atoms with Crippen molar-refractivity contribution in [1.29, 1.82) is 0 Å². The second kappa shape index (κ2) is 2.78. The normalized spacial score (nSPS) is 16.1. The smallest absolute Gasteiger partial charge is 0.0153 e. The van der Waals surface area contributed by atoms with Crippen molar-refractivity contribution < 1.29 is 0 Å². The highest BCUT2D eigenvalue weighted by Crippen LogP contribution is 2.43. The number of rotatable bonds is 2. The van der Waals surface area contributed by atoms with Crippen LogP contribution in [0, 0.1) is 6.92 Å². The van der Waals surface area contributed by atoms with Gasteiger partial charge in [0.2, 0.25) is 0 Å². The minimum atomic E-state index is 0.833. The molecule has 0 aliphatic heterocycles. The van der Waals surface area contributed by atoms with Gasteiger partial charge in [0.25, 0.3) is 0 Å². The van der Waals surface area contributed by atoms with Crippen LogP contribution in [0.25, 0.3) is 6.08 Å². The molecule has 1 aliphatic carbocycles. The molecule has 0 atom stereocenters. The summed E-state index contributed by atoms with van der Waals surface area (Å²) in [6.45, 7) is 6.04. The van der Waals surface area contributed by atoms with E-state index in [2.05, 4.69) is 31.7 Å². The number of hydrogen-bond acceptors (Lipinski definition) is 0. The Hall–Kier alpha value is -1.04. The van der Waals surface area contributed by atoms with Gasteiger partial charge in [-0.1, -0.05) is 30.9 Å². The summed E-state index contributed by atoms with van der Waals surface area (Å²) in [6, 6.07) is 6.46. The zero-order valence-electron chi connectivity index (χ0n) is 7.51. The van der Waals surface area contributed by atoms with Gasteiger partial charge in [-0.3, -0.25) is 0 Å². The van der Waals surface area contributed by atoms with Crippen molar-refractivity contribution in [3.8, 4) is 0 Å². The van der Waals surface area contributed by atoms with E-state index in [1.807, 2.05) is 6.08 Å². The van der Waals surface area contributed by atoms with Gasteiger partial charge in [-0.05, 0) is 42.4 Å². The first-order valence-corrected chi connectivity index (χ1v) is 4.55. The molecule has 2 rings (SSSR count). The fourth-order valence-corrected chi connectivity index (χ4v) is 1.81. The quantitative estimate of drug-likeness (QED) is 0.617. The van der Waals surface area contributed by atoms with Crippen molar-refractivity contribution in [2.75, 3.05) is 0 Å². The Balaban J connectivity index is 2.52. The first kappa shape index (κ1) is 7.60. The molecule has 0 radical (unpaired) electrons. The van der Waals surface area contributed by atoms with Crippen LogP contribution < -0.4 is 0 Å². The van der Waals surface area contributed by atoms with Crippen LogP contribution in [0.3, 0.4) is 0 Å². The van der Waals surface area contributed by atoms with Crippen molar-refractivity contribution in [3.05, 3.63) is 41.5 Å². The Bertz CT molecular complexity index is 306. The van der Waals surface area contributed by atoms with E-state index < -0.39 is 0 Å². The van der Waals surface area contributed by atoms with E-state index in [0.717, 1.165) is 5.92 Å². The van der Waals surface area contributed by atoms with Gasteiger partial charge < -0.3 is 0 Å². The Morgan fingerprint density at radius 3 is 2.75 bits per heavy atom. The molecule has 0 heterocycles. The standard InChI is InChI=1S/C12H14/c1-3-10-6-4-5-9(2)12(10)11-7-8-11/h3-6,11H,1,7-8H2,2H3. The lowest BCUT2D eigenvalue weighted by molar-refractivity contribution is 1.09. The van der Waals surface area contributed by atoms with Crippen LogP contribution in [0.1, 0.15) is 35.4 Å². The Morgan fingerprint density at radius 2 is 2.17 bits per heavy atom. The molecule has 1 aliphatic rings. The first-order valence-electron chi connectivity index (χ1n) is 4.55. The van der Waals surface area contributed by atoms with Crippen LogP contribution in [0.5, 0.6) is 0 Å². The molecule has 0 saturated heterocycles. The largest absolute Gasteiger partial charge is 0.0985 e. The third-order valence-corrected chi connectivity index (χ3v) is 2.56. The van der Waals surface area contributed by atoms with Gasteiger partial charge >= 0.3 is 0 Å². The molecule has 0 aromatic heterocycles. The summed E-state index contributed by atoms with van der Waals surface area (Å²) in [4.78, 5) is 0. The average molecular weight is 158 g/mol. The highest BCUT2D eigenvalue weighted by atomic mass is 14.3. The van der Waals surface area contributed by atoms with Gasteiger partial charge in [0, 0.05) is 0 Å². The minimum absolute atomic E-state index is 0.833. The summed E-state index contributed by atoms with van der Waals surface area (Å²) >= 11 is 0. The zero-order valence-corrected chi connectivity index (χ0v) is 7.51. The fourth-order valence-electron chi connectivity index (χ4n) is 1.81. The number of benzene rings is 1. The van der Waals surface area contributed by atoms with Gasteiger partial charge in [0.15, 0.2) is 0 Å². The molecule has 0 unspecified atom stereocenters. The summed E-state index contributed by atoms with van der Waals surface area (Å²) in [5.41, 5.74) is 4.29. The molecule has 1 aromatic carbocycles. The lowest BCUT2D eigenvalue weighted by atomic mass is 9.98. The lowest BCUT2D eigenvalue weighted by Crippen LogP contribution is -1.89. The summed E-state index contributed by atoms with van der Waals surface area (Å²) < 4.78 is 0. The van der Waals surface area contributed by atoms with Gasteiger partial charge in [-0.15, -0.1) is 0 Å². The van der Waals surface area contributed by atoms with E-state index >= 15 is 0 Å². The SMILES string of the molecule is C=Cc1cccc(C)c1C1CC1. The number of hydrogen-bond donors (Lipinski definition) is 0. The molecule has 0 amide bonds. The van der Waals surface area contributed by atoms with Crippen LogP contribution in [0.4, 0.5) is 0 Å². The van der Waals surface area contributed by atoms with Crippen molar-refractivity contribution in [2.45, 2.75) is 25.7 Å². The van der Waals surface area contributed by atoms with E-state index in [9.17, 15) is 0 Å². The van der Waals surface area contributed by atoms with Crippen molar-refractivity contribution in [2.24, 2.45) is 0 Å². The fraction of sp³-hybridized carbons (Fsp3) is 0.333. The third kappa shape index (κ3) is 1.18. The maximum atomic E-state index is 3.84. The number of aryl methyl sites for hydroxylation is 1. The molecular weight excluding hydrogens is 144 g/mol. The minimum Gasteiger partial charge on any atom is -0.0985 e. The summed E-state index contributed by atoms with van der Waals surface area (Å²) in [5.74, 6) is 0.833. The first-order chi connectivity index (χ1) is 5.83. The molecule has 12 heavy (non-hydrogen) atoms. The molecular formula is C12H14. The van der Waals surface area contributed by atoms with Crippen molar-refractivity contribution >= 4 is 6.08 Å². The van der Waals surface area contributed by atoms with Gasteiger partial charge in [-0.2, -0.15) is 0 Å². The lowest BCUT2D eigenvalue weighted by Gasteiger charge is -2.07. The molecule has 62 valence electrons. The van der Waals surface area contributed by atoms with Crippen LogP contribution in [0.15, 0.2) is 24.8 Å². The second-order valence-electron chi connectivity index (χ2n) is 3.56. The summed E-state index contributed by atoms with van der Waals surface area (Å²) in [5, 5.41) is 0. The van der Waals surface area contributed by atoms with Gasteiger partial charge in [0.05, 0.1) is 0 Å². The molecule has 1 saturated carbocycles. The Labute approximate surface area is 73.9 Å². The summed E-state index contributed by atoms with van der Waals surface area (Å²) in [7, 11) is 0. The van der Waals surface area contributed by atoms with E-state index in [4.69, 9.17) is 0 Å². The predicted octanol–water partition coefficient (Wildman–Crippen LogP) is 3.52. The molecule has 0 nitrogen and oxygen atoms in total. The van der Waals surface area contributed by atoms with Crippen LogP contribution in [0.2, 0.25) is 0 Å². The summed E-state index contributed by atoms with van der Waals surface area (Å²) in [6.07, 6.45) is 4.71. The van der Waals surface area contributed by atoms with E-state index in [-0.39, 0.29) is 0 Å².